The highest BCUT2D eigenvalue weighted by atomic mass is 32.2. The van der Waals surface area contributed by atoms with Crippen LogP contribution in [0.3, 0.4) is 0 Å². The maximum atomic E-state index is 13.5. The van der Waals surface area contributed by atoms with Crippen LogP contribution in [0.2, 0.25) is 0 Å². The third kappa shape index (κ3) is 9.37. The molecule has 0 aliphatic heterocycles. The zero-order valence-electron chi connectivity index (χ0n) is 17.9. The van der Waals surface area contributed by atoms with Crippen LogP contribution in [-0.4, -0.2) is 67.2 Å². The number of sulfone groups is 1. The minimum atomic E-state index is -5.31. The van der Waals surface area contributed by atoms with Gasteiger partial charge in [-0.3, -0.25) is 4.79 Å². The summed E-state index contributed by atoms with van der Waals surface area (Å²) in [6.45, 7) is 2.48. The summed E-state index contributed by atoms with van der Waals surface area (Å²) in [4.78, 5) is 12.4. The topological polar surface area (TPSA) is 101 Å². The van der Waals surface area contributed by atoms with Gasteiger partial charge >= 0.3 is 12.1 Å². The van der Waals surface area contributed by atoms with Crippen molar-refractivity contribution in [3.05, 3.63) is 35.4 Å². The number of nitrogens with zero attached hydrogens (tertiary/aromatic N) is 1. The largest absolute Gasteiger partial charge is 0.471 e. The van der Waals surface area contributed by atoms with Crippen molar-refractivity contribution in [2.75, 3.05) is 24.6 Å². The first kappa shape index (κ1) is 28.2. The van der Waals surface area contributed by atoms with E-state index in [0.29, 0.717) is 12.5 Å². The maximum absolute atomic E-state index is 13.5. The van der Waals surface area contributed by atoms with Crippen LogP contribution in [0.15, 0.2) is 18.2 Å². The number of hydrogen-bond donors (Lipinski definition) is 2. The van der Waals surface area contributed by atoms with Crippen LogP contribution in [0.5, 0.6) is 0 Å². The minimum absolute atomic E-state index is 0.0930. The van der Waals surface area contributed by atoms with Crippen molar-refractivity contribution < 1.29 is 40.3 Å². The number of aliphatic hydroxyl groups is 1. The van der Waals surface area contributed by atoms with Crippen molar-refractivity contribution in [2.24, 2.45) is 11.7 Å². The van der Waals surface area contributed by atoms with E-state index >= 15 is 0 Å². The molecule has 1 aromatic carbocycles. The third-order valence-corrected chi connectivity index (χ3v) is 6.59. The van der Waals surface area contributed by atoms with E-state index < -0.39 is 71.0 Å². The first-order chi connectivity index (χ1) is 14.7. The van der Waals surface area contributed by atoms with Gasteiger partial charge in [-0.15, -0.1) is 0 Å². The second-order valence-electron chi connectivity index (χ2n) is 8.04. The third-order valence-electron chi connectivity index (χ3n) is 4.82. The molecule has 0 saturated carbocycles. The first-order valence-electron chi connectivity index (χ1n) is 10.1. The summed E-state index contributed by atoms with van der Waals surface area (Å²) in [5.41, 5.74) is 5.29. The number of nitrogens with two attached hydrogens (primary N) is 1. The van der Waals surface area contributed by atoms with Crippen molar-refractivity contribution in [3.63, 3.8) is 0 Å². The molecule has 6 nitrogen and oxygen atoms in total. The van der Waals surface area contributed by atoms with E-state index in [0.717, 1.165) is 12.1 Å². The predicted octanol–water partition coefficient (Wildman–Crippen LogP) is 2.44. The molecule has 0 heterocycles. The molecule has 0 unspecified atom stereocenters. The highest BCUT2D eigenvalue weighted by molar-refractivity contribution is 7.91. The van der Waals surface area contributed by atoms with Crippen LogP contribution in [0, 0.1) is 17.6 Å². The number of halogens is 5. The molecule has 0 aliphatic rings. The van der Waals surface area contributed by atoms with E-state index in [9.17, 15) is 40.3 Å². The molecule has 0 radical (unpaired) electrons. The molecule has 184 valence electrons. The normalized spacial score (nSPS) is 14.4. The molecule has 2 atom stereocenters. The highest BCUT2D eigenvalue weighted by Gasteiger charge is 2.45. The summed E-state index contributed by atoms with van der Waals surface area (Å²) in [6.07, 6.45) is -7.41. The van der Waals surface area contributed by atoms with E-state index in [2.05, 4.69) is 0 Å². The van der Waals surface area contributed by atoms with E-state index in [1.165, 1.54) is 0 Å². The smallest absolute Gasteiger partial charge is 0.390 e. The molecular formula is C20H29F5N2O4S. The van der Waals surface area contributed by atoms with Gasteiger partial charge < -0.3 is 15.7 Å². The van der Waals surface area contributed by atoms with Crippen LogP contribution >= 0.6 is 0 Å². The lowest BCUT2D eigenvalue weighted by molar-refractivity contribution is -0.189. The molecule has 0 saturated heterocycles. The monoisotopic (exact) mass is 488 g/mol. The highest BCUT2D eigenvalue weighted by Crippen LogP contribution is 2.24. The Kier molecular flexibility index (Phi) is 10.5. The van der Waals surface area contributed by atoms with Gasteiger partial charge in [-0.1, -0.05) is 13.8 Å². The summed E-state index contributed by atoms with van der Waals surface area (Å²) < 4.78 is 91.0. The Bertz CT molecular complexity index is 842. The minimum Gasteiger partial charge on any atom is -0.390 e. The van der Waals surface area contributed by atoms with Gasteiger partial charge in [0.25, 0.3) is 0 Å². The number of aliphatic hydroxyl groups excluding tert-OH is 1. The SMILES string of the molecule is CC(C)CCS(=O)(=O)CCCN(C(=O)C(F)(F)F)[C@@H](Cc1cc(F)cc(F)c1)[C@@H](O)CN. The number of alkyl halides is 3. The molecule has 1 rings (SSSR count). The Morgan fingerprint density at radius 3 is 2.16 bits per heavy atom. The quantitative estimate of drug-likeness (QED) is 0.440. The number of carbonyl (C=O) groups is 1. The summed E-state index contributed by atoms with van der Waals surface area (Å²) >= 11 is 0. The van der Waals surface area contributed by atoms with Gasteiger partial charge in [0.1, 0.15) is 21.5 Å². The van der Waals surface area contributed by atoms with Crippen LogP contribution < -0.4 is 5.73 Å². The standard InChI is InChI=1S/C20H29F5N2O4S/c1-13(2)4-7-32(30,31)6-3-5-27(19(29)20(23,24)25)17(18(28)12-26)10-14-8-15(21)11-16(22)9-14/h8-9,11,13,17-18,28H,3-7,10,12,26H2,1-2H3/t17-,18-/m0/s1. The van der Waals surface area contributed by atoms with Crippen molar-refractivity contribution in [2.45, 2.75) is 51.4 Å². The molecule has 0 aromatic heterocycles. The van der Waals surface area contributed by atoms with Gasteiger partial charge in [0.15, 0.2) is 0 Å². The Morgan fingerprint density at radius 1 is 1.12 bits per heavy atom. The summed E-state index contributed by atoms with van der Waals surface area (Å²) in [5.74, 6) is -4.75. The van der Waals surface area contributed by atoms with E-state index in [4.69, 9.17) is 5.73 Å². The summed E-state index contributed by atoms with van der Waals surface area (Å²) in [5, 5.41) is 10.2. The molecule has 32 heavy (non-hydrogen) atoms. The van der Waals surface area contributed by atoms with E-state index in [1.54, 1.807) is 0 Å². The van der Waals surface area contributed by atoms with Crippen molar-refractivity contribution in [1.29, 1.82) is 0 Å². The van der Waals surface area contributed by atoms with Crippen LogP contribution in [-0.2, 0) is 21.1 Å². The Balaban J connectivity index is 3.14. The van der Waals surface area contributed by atoms with E-state index in [1.807, 2.05) is 13.8 Å². The molecular weight excluding hydrogens is 459 g/mol. The number of amides is 1. The average Bonchev–Trinajstić information content (AvgIpc) is 2.66. The molecule has 12 heteroatoms. The Hall–Kier alpha value is -1.79. The first-order valence-corrected chi connectivity index (χ1v) is 11.9. The second-order valence-corrected chi connectivity index (χ2v) is 10.3. The Morgan fingerprint density at radius 2 is 1.69 bits per heavy atom. The van der Waals surface area contributed by atoms with Crippen molar-refractivity contribution in [3.8, 4) is 0 Å². The summed E-state index contributed by atoms with van der Waals surface area (Å²) in [7, 11) is -3.56. The van der Waals surface area contributed by atoms with Crippen molar-refractivity contribution >= 4 is 15.7 Å². The fraction of sp³-hybridized carbons (Fsp3) is 0.650. The van der Waals surface area contributed by atoms with Gasteiger partial charge in [-0.05, 0) is 42.9 Å². The predicted molar refractivity (Wildman–Crippen MR) is 109 cm³/mol. The molecule has 0 bridgehead atoms. The lowest BCUT2D eigenvalue weighted by atomic mass is 9.98. The van der Waals surface area contributed by atoms with Crippen LogP contribution in [0.4, 0.5) is 22.0 Å². The lowest BCUT2D eigenvalue weighted by Gasteiger charge is -2.35. The number of carbonyl (C=O) groups excluding carboxylic acids is 1. The Labute approximate surface area is 184 Å². The molecule has 1 aromatic rings. The molecule has 0 aliphatic carbocycles. The van der Waals surface area contributed by atoms with E-state index in [-0.39, 0.29) is 28.6 Å². The van der Waals surface area contributed by atoms with Crippen LogP contribution in [0.25, 0.3) is 0 Å². The van der Waals surface area contributed by atoms with Gasteiger partial charge in [-0.2, -0.15) is 13.2 Å². The number of hydrogen-bond acceptors (Lipinski definition) is 5. The fourth-order valence-electron chi connectivity index (χ4n) is 3.13. The average molecular weight is 489 g/mol. The zero-order chi connectivity index (χ0) is 24.7. The van der Waals surface area contributed by atoms with Gasteiger partial charge in [0, 0.05) is 19.2 Å². The van der Waals surface area contributed by atoms with Gasteiger partial charge in [0.2, 0.25) is 0 Å². The lowest BCUT2D eigenvalue weighted by Crippen LogP contribution is -2.54. The van der Waals surface area contributed by atoms with Crippen molar-refractivity contribution in [1.82, 2.24) is 4.90 Å². The number of rotatable bonds is 12. The number of benzene rings is 1. The van der Waals surface area contributed by atoms with Gasteiger partial charge in [-0.25, -0.2) is 17.2 Å². The molecule has 1 amide bonds. The van der Waals surface area contributed by atoms with Crippen LogP contribution in [0.1, 0.15) is 32.3 Å². The zero-order valence-corrected chi connectivity index (χ0v) is 18.7. The maximum Gasteiger partial charge on any atom is 0.471 e. The summed E-state index contributed by atoms with van der Waals surface area (Å²) in [6, 6.07) is 0.727. The van der Waals surface area contributed by atoms with Gasteiger partial charge in [0.05, 0.1) is 23.7 Å². The fourth-order valence-corrected chi connectivity index (χ4v) is 4.74. The molecule has 0 fully saturated rings. The second kappa shape index (κ2) is 11.9. The molecule has 3 N–H and O–H groups in total. The molecule has 0 spiro atoms.